The van der Waals surface area contributed by atoms with Crippen molar-refractivity contribution < 1.29 is 23.9 Å². The van der Waals surface area contributed by atoms with Gasteiger partial charge in [0.25, 0.3) is 0 Å². The SMILES string of the molecule is COCCn1c(C)cc(C(=O)COC(=O)c2ccccc2N2CCCC2=O)c1C. The van der Waals surface area contributed by atoms with Gasteiger partial charge in [0.05, 0.1) is 17.9 Å². The lowest BCUT2D eigenvalue weighted by Crippen LogP contribution is -2.26. The Hall–Kier alpha value is -2.93. The molecule has 1 aromatic heterocycles. The third kappa shape index (κ3) is 4.40. The highest BCUT2D eigenvalue weighted by molar-refractivity contribution is 6.05. The van der Waals surface area contributed by atoms with Crippen LogP contribution in [0.1, 0.15) is 44.9 Å². The van der Waals surface area contributed by atoms with E-state index >= 15 is 0 Å². The largest absolute Gasteiger partial charge is 0.454 e. The fraction of sp³-hybridized carbons (Fsp3) is 0.409. The number of carbonyl (C=O) groups is 3. The second-order valence-electron chi connectivity index (χ2n) is 7.09. The van der Waals surface area contributed by atoms with Crippen LogP contribution in [-0.2, 0) is 20.8 Å². The third-order valence-corrected chi connectivity index (χ3v) is 5.22. The van der Waals surface area contributed by atoms with Crippen LogP contribution in [0.3, 0.4) is 0 Å². The zero-order valence-corrected chi connectivity index (χ0v) is 17.1. The number of ether oxygens (including phenoxy) is 2. The first-order valence-electron chi connectivity index (χ1n) is 9.69. The molecular formula is C22H26N2O5. The van der Waals surface area contributed by atoms with E-state index in [1.165, 1.54) is 0 Å². The van der Waals surface area contributed by atoms with E-state index in [1.54, 1.807) is 42.3 Å². The normalized spacial score (nSPS) is 13.8. The van der Waals surface area contributed by atoms with Crippen molar-refractivity contribution in [2.75, 3.05) is 31.8 Å². The monoisotopic (exact) mass is 398 g/mol. The molecule has 154 valence electrons. The molecule has 0 unspecified atom stereocenters. The van der Waals surface area contributed by atoms with Crippen LogP contribution in [-0.4, -0.2) is 49.1 Å². The summed E-state index contributed by atoms with van der Waals surface area (Å²) >= 11 is 0. The average molecular weight is 398 g/mol. The quantitative estimate of drug-likeness (QED) is 0.505. The fourth-order valence-electron chi connectivity index (χ4n) is 3.68. The Morgan fingerprint density at radius 3 is 2.59 bits per heavy atom. The van der Waals surface area contributed by atoms with Gasteiger partial charge in [-0.25, -0.2) is 4.79 Å². The number of aromatic nitrogens is 1. The van der Waals surface area contributed by atoms with E-state index in [0.717, 1.165) is 17.8 Å². The van der Waals surface area contributed by atoms with Gasteiger partial charge in [-0.3, -0.25) is 9.59 Å². The highest BCUT2D eigenvalue weighted by Gasteiger charge is 2.26. The third-order valence-electron chi connectivity index (χ3n) is 5.22. The number of amides is 1. The number of anilines is 1. The Kier molecular flexibility index (Phi) is 6.49. The smallest absolute Gasteiger partial charge is 0.340 e. The van der Waals surface area contributed by atoms with Crippen molar-refractivity contribution in [1.29, 1.82) is 0 Å². The standard InChI is InChI=1S/C22H26N2O5/c1-15-13-18(16(2)23(15)11-12-28-3)20(25)14-29-22(27)17-7-4-5-8-19(17)24-10-6-9-21(24)26/h4-5,7-8,13H,6,9-12,14H2,1-3H3. The summed E-state index contributed by atoms with van der Waals surface area (Å²) in [5, 5.41) is 0. The maximum Gasteiger partial charge on any atom is 0.340 e. The molecule has 7 heteroatoms. The van der Waals surface area contributed by atoms with Crippen LogP contribution in [0.2, 0.25) is 0 Å². The minimum absolute atomic E-state index is 0.00942. The number of carbonyl (C=O) groups excluding carboxylic acids is 3. The van der Waals surface area contributed by atoms with Gasteiger partial charge in [-0.2, -0.15) is 0 Å². The van der Waals surface area contributed by atoms with Gasteiger partial charge in [0.2, 0.25) is 11.7 Å². The van der Waals surface area contributed by atoms with Crippen LogP contribution in [0.25, 0.3) is 0 Å². The summed E-state index contributed by atoms with van der Waals surface area (Å²) in [6, 6.07) is 8.64. The van der Waals surface area contributed by atoms with Gasteiger partial charge < -0.3 is 18.9 Å². The molecule has 1 aliphatic heterocycles. The highest BCUT2D eigenvalue weighted by atomic mass is 16.5. The van der Waals surface area contributed by atoms with Crippen LogP contribution >= 0.6 is 0 Å². The molecule has 3 rings (SSSR count). The molecule has 0 saturated carbocycles. The van der Waals surface area contributed by atoms with Crippen molar-refractivity contribution in [2.24, 2.45) is 0 Å². The van der Waals surface area contributed by atoms with Gasteiger partial charge in [-0.1, -0.05) is 12.1 Å². The van der Waals surface area contributed by atoms with Crippen molar-refractivity contribution in [3.05, 3.63) is 52.8 Å². The molecule has 0 bridgehead atoms. The first-order valence-corrected chi connectivity index (χ1v) is 9.69. The summed E-state index contributed by atoms with van der Waals surface area (Å²) in [6.45, 7) is 5.22. The van der Waals surface area contributed by atoms with E-state index in [4.69, 9.17) is 9.47 Å². The number of hydrogen-bond donors (Lipinski definition) is 0. The van der Waals surface area contributed by atoms with E-state index in [1.807, 2.05) is 18.4 Å². The number of Topliss-reactive ketones (excluding diaryl/α,β-unsaturated/α-hetero) is 1. The lowest BCUT2D eigenvalue weighted by Gasteiger charge is -2.18. The van der Waals surface area contributed by atoms with E-state index in [0.29, 0.717) is 42.9 Å². The molecule has 1 aromatic carbocycles. The molecule has 0 atom stereocenters. The first kappa shape index (κ1) is 20.8. The van der Waals surface area contributed by atoms with E-state index in [2.05, 4.69) is 0 Å². The van der Waals surface area contributed by atoms with Crippen LogP contribution in [0.15, 0.2) is 30.3 Å². The molecular weight excluding hydrogens is 372 g/mol. The Labute approximate surface area is 170 Å². The van der Waals surface area contributed by atoms with Gasteiger partial charge >= 0.3 is 5.97 Å². The molecule has 1 fully saturated rings. The number of methoxy groups -OCH3 is 1. The van der Waals surface area contributed by atoms with Gasteiger partial charge in [0.15, 0.2) is 6.61 Å². The predicted octanol–water partition coefficient (Wildman–Crippen LogP) is 2.92. The lowest BCUT2D eigenvalue weighted by atomic mass is 10.1. The van der Waals surface area contributed by atoms with Crippen molar-refractivity contribution in [3.8, 4) is 0 Å². The lowest BCUT2D eigenvalue weighted by molar-refractivity contribution is -0.117. The Bertz CT molecular complexity index is 931. The molecule has 0 spiro atoms. The van der Waals surface area contributed by atoms with Crippen molar-refractivity contribution >= 4 is 23.3 Å². The number of benzene rings is 1. The van der Waals surface area contributed by atoms with E-state index in [9.17, 15) is 14.4 Å². The van der Waals surface area contributed by atoms with Gasteiger partial charge in [0, 0.05) is 43.6 Å². The van der Waals surface area contributed by atoms with Crippen LogP contribution < -0.4 is 4.90 Å². The fourth-order valence-corrected chi connectivity index (χ4v) is 3.68. The summed E-state index contributed by atoms with van der Waals surface area (Å²) in [4.78, 5) is 38.9. The number of nitrogens with zero attached hydrogens (tertiary/aromatic N) is 2. The van der Waals surface area contributed by atoms with E-state index in [-0.39, 0.29) is 18.3 Å². The van der Waals surface area contributed by atoms with Crippen LogP contribution in [0, 0.1) is 13.8 Å². The summed E-state index contributed by atoms with van der Waals surface area (Å²) in [6.07, 6.45) is 1.24. The molecule has 1 aliphatic rings. The Morgan fingerprint density at radius 1 is 1.14 bits per heavy atom. The number of rotatable bonds is 8. The van der Waals surface area contributed by atoms with Crippen LogP contribution in [0.4, 0.5) is 5.69 Å². The van der Waals surface area contributed by atoms with Crippen molar-refractivity contribution in [3.63, 3.8) is 0 Å². The molecule has 0 radical (unpaired) electrons. The van der Waals surface area contributed by atoms with Gasteiger partial charge in [-0.05, 0) is 38.5 Å². The molecule has 29 heavy (non-hydrogen) atoms. The summed E-state index contributed by atoms with van der Waals surface area (Å²) < 4.78 is 12.4. The molecule has 1 amide bonds. The van der Waals surface area contributed by atoms with Gasteiger partial charge in [0.1, 0.15) is 0 Å². The minimum atomic E-state index is -0.609. The average Bonchev–Trinajstić information content (AvgIpc) is 3.27. The molecule has 2 heterocycles. The molecule has 0 N–H and O–H groups in total. The summed E-state index contributed by atoms with van der Waals surface area (Å²) in [7, 11) is 1.63. The zero-order chi connectivity index (χ0) is 21.0. The minimum Gasteiger partial charge on any atom is -0.454 e. The Morgan fingerprint density at radius 2 is 1.90 bits per heavy atom. The zero-order valence-electron chi connectivity index (χ0n) is 17.1. The van der Waals surface area contributed by atoms with E-state index < -0.39 is 5.97 Å². The molecule has 1 saturated heterocycles. The van der Waals surface area contributed by atoms with Crippen molar-refractivity contribution in [1.82, 2.24) is 4.57 Å². The second kappa shape index (κ2) is 9.05. The summed E-state index contributed by atoms with van der Waals surface area (Å²) in [5.74, 6) is -0.878. The molecule has 0 aliphatic carbocycles. The second-order valence-corrected chi connectivity index (χ2v) is 7.09. The maximum atomic E-state index is 12.6. The number of hydrogen-bond acceptors (Lipinski definition) is 5. The number of para-hydroxylation sites is 1. The van der Waals surface area contributed by atoms with Gasteiger partial charge in [-0.15, -0.1) is 0 Å². The molecule has 2 aromatic rings. The number of esters is 1. The van der Waals surface area contributed by atoms with Crippen molar-refractivity contribution in [2.45, 2.75) is 33.2 Å². The first-order chi connectivity index (χ1) is 13.9. The number of ketones is 1. The summed E-state index contributed by atoms with van der Waals surface area (Å²) in [5.41, 5.74) is 3.14. The predicted molar refractivity (Wildman–Crippen MR) is 108 cm³/mol. The number of aryl methyl sites for hydroxylation is 1. The highest BCUT2D eigenvalue weighted by Crippen LogP contribution is 2.26. The Balaban J connectivity index is 1.70. The topological polar surface area (TPSA) is 77.8 Å². The van der Waals surface area contributed by atoms with Crippen LogP contribution in [0.5, 0.6) is 0 Å². The molecule has 7 nitrogen and oxygen atoms in total. The maximum absolute atomic E-state index is 12.6.